The first-order chi connectivity index (χ1) is 9.95. The molecule has 0 aliphatic carbocycles. The van der Waals surface area contributed by atoms with Crippen molar-refractivity contribution in [3.8, 4) is 0 Å². The van der Waals surface area contributed by atoms with E-state index in [0.29, 0.717) is 12.1 Å². The molecule has 0 spiro atoms. The fraction of sp³-hybridized carbons (Fsp3) is 0.471. The van der Waals surface area contributed by atoms with Gasteiger partial charge in [0.05, 0.1) is 5.69 Å². The topological polar surface area (TPSA) is 47.1 Å². The number of aromatic nitrogens is 2. The van der Waals surface area contributed by atoms with Crippen LogP contribution in [0.5, 0.6) is 0 Å². The molecule has 1 aromatic heterocycles. The first-order valence-corrected chi connectivity index (χ1v) is 7.58. The monoisotopic (exact) mass is 286 g/mol. The molecule has 0 saturated heterocycles. The Morgan fingerprint density at radius 3 is 2.48 bits per heavy atom. The van der Waals surface area contributed by atoms with Crippen LogP contribution in [0.2, 0.25) is 0 Å². The molecule has 0 fully saturated rings. The molecule has 0 radical (unpaired) electrons. The standard InChI is InChI=1S/C17H26N4/c1-13(2)20(11-15-6-5-7-16(18)10-15)12-17-8-9-21(19-17)14(3)4/h5-10,13-14H,11-12,18H2,1-4H3. The van der Waals surface area contributed by atoms with E-state index in [0.717, 1.165) is 24.5 Å². The van der Waals surface area contributed by atoms with Gasteiger partial charge in [-0.3, -0.25) is 9.58 Å². The van der Waals surface area contributed by atoms with E-state index in [2.05, 4.69) is 56.0 Å². The summed E-state index contributed by atoms with van der Waals surface area (Å²) >= 11 is 0. The molecule has 0 unspecified atom stereocenters. The summed E-state index contributed by atoms with van der Waals surface area (Å²) in [6.07, 6.45) is 2.05. The van der Waals surface area contributed by atoms with Crippen molar-refractivity contribution in [3.63, 3.8) is 0 Å². The Balaban J connectivity index is 2.08. The number of nitrogen functional groups attached to an aromatic ring is 1. The van der Waals surface area contributed by atoms with Gasteiger partial charge in [-0.25, -0.2) is 0 Å². The Labute approximate surface area is 127 Å². The summed E-state index contributed by atoms with van der Waals surface area (Å²) in [7, 11) is 0. The Morgan fingerprint density at radius 2 is 1.90 bits per heavy atom. The molecular weight excluding hydrogens is 260 g/mol. The van der Waals surface area contributed by atoms with Crippen LogP contribution in [0.4, 0.5) is 5.69 Å². The van der Waals surface area contributed by atoms with Crippen LogP contribution in [-0.2, 0) is 13.1 Å². The van der Waals surface area contributed by atoms with E-state index in [1.807, 2.05) is 22.9 Å². The summed E-state index contributed by atoms with van der Waals surface area (Å²) in [5.74, 6) is 0. The lowest BCUT2D eigenvalue weighted by molar-refractivity contribution is 0.200. The van der Waals surface area contributed by atoms with Gasteiger partial charge in [0.15, 0.2) is 0 Å². The number of benzene rings is 1. The number of nitrogens with zero attached hydrogens (tertiary/aromatic N) is 3. The number of nitrogens with two attached hydrogens (primary N) is 1. The highest BCUT2D eigenvalue weighted by Gasteiger charge is 2.13. The summed E-state index contributed by atoms with van der Waals surface area (Å²) < 4.78 is 2.01. The lowest BCUT2D eigenvalue weighted by Crippen LogP contribution is -2.30. The van der Waals surface area contributed by atoms with E-state index in [1.165, 1.54) is 5.56 Å². The van der Waals surface area contributed by atoms with Crippen LogP contribution >= 0.6 is 0 Å². The molecule has 0 saturated carbocycles. The molecule has 0 aliphatic heterocycles. The molecule has 0 atom stereocenters. The summed E-state index contributed by atoms with van der Waals surface area (Å²) in [6, 6.07) is 11.1. The fourth-order valence-electron chi connectivity index (χ4n) is 2.30. The molecule has 0 aliphatic rings. The lowest BCUT2D eigenvalue weighted by Gasteiger charge is -2.25. The maximum Gasteiger partial charge on any atom is 0.0765 e. The fourth-order valence-corrected chi connectivity index (χ4v) is 2.30. The van der Waals surface area contributed by atoms with Crippen molar-refractivity contribution in [2.45, 2.75) is 52.9 Å². The number of hydrogen-bond acceptors (Lipinski definition) is 3. The predicted octanol–water partition coefficient (Wildman–Crippen LogP) is 3.46. The van der Waals surface area contributed by atoms with Crippen molar-refractivity contribution in [1.82, 2.24) is 14.7 Å². The van der Waals surface area contributed by atoms with Gasteiger partial charge in [-0.15, -0.1) is 0 Å². The largest absolute Gasteiger partial charge is 0.399 e. The average Bonchev–Trinajstić information content (AvgIpc) is 2.86. The normalized spacial score (nSPS) is 11.8. The zero-order valence-corrected chi connectivity index (χ0v) is 13.5. The van der Waals surface area contributed by atoms with E-state index in [-0.39, 0.29) is 0 Å². The highest BCUT2D eigenvalue weighted by Crippen LogP contribution is 2.15. The Morgan fingerprint density at radius 1 is 1.14 bits per heavy atom. The van der Waals surface area contributed by atoms with Gasteiger partial charge in [0, 0.05) is 37.1 Å². The molecule has 0 bridgehead atoms. The quantitative estimate of drug-likeness (QED) is 0.827. The third-order valence-corrected chi connectivity index (χ3v) is 3.62. The Kier molecular flexibility index (Phi) is 5.02. The molecule has 0 amide bonds. The van der Waals surface area contributed by atoms with E-state index in [9.17, 15) is 0 Å². The van der Waals surface area contributed by atoms with Gasteiger partial charge in [0.2, 0.25) is 0 Å². The van der Waals surface area contributed by atoms with Gasteiger partial charge < -0.3 is 5.73 Å². The molecule has 21 heavy (non-hydrogen) atoms. The van der Waals surface area contributed by atoms with Crippen LogP contribution in [0, 0.1) is 0 Å². The SMILES string of the molecule is CC(C)N(Cc1cccc(N)c1)Cc1ccn(C(C)C)n1. The molecule has 1 aromatic carbocycles. The molecule has 2 rings (SSSR count). The number of rotatable bonds is 6. The molecule has 114 valence electrons. The van der Waals surface area contributed by atoms with Crippen molar-refractivity contribution in [2.75, 3.05) is 5.73 Å². The average molecular weight is 286 g/mol. The highest BCUT2D eigenvalue weighted by molar-refractivity contribution is 5.40. The van der Waals surface area contributed by atoms with Crippen LogP contribution in [0.25, 0.3) is 0 Å². The van der Waals surface area contributed by atoms with Crippen LogP contribution in [-0.4, -0.2) is 20.7 Å². The Bertz CT molecular complexity index is 572. The van der Waals surface area contributed by atoms with Crippen LogP contribution in [0.1, 0.15) is 45.0 Å². The van der Waals surface area contributed by atoms with Crippen LogP contribution in [0.15, 0.2) is 36.5 Å². The minimum Gasteiger partial charge on any atom is -0.399 e. The number of anilines is 1. The van der Waals surface area contributed by atoms with E-state index in [1.54, 1.807) is 0 Å². The minimum absolute atomic E-state index is 0.403. The molecule has 2 N–H and O–H groups in total. The lowest BCUT2D eigenvalue weighted by atomic mass is 10.1. The number of hydrogen-bond donors (Lipinski definition) is 1. The molecule has 4 heteroatoms. The van der Waals surface area contributed by atoms with Crippen molar-refractivity contribution in [3.05, 3.63) is 47.8 Å². The van der Waals surface area contributed by atoms with Crippen molar-refractivity contribution >= 4 is 5.69 Å². The summed E-state index contributed by atoms with van der Waals surface area (Å²) in [4.78, 5) is 2.40. The van der Waals surface area contributed by atoms with Crippen molar-refractivity contribution in [2.24, 2.45) is 0 Å². The van der Waals surface area contributed by atoms with Gasteiger partial charge in [0.1, 0.15) is 0 Å². The zero-order chi connectivity index (χ0) is 15.4. The first kappa shape index (κ1) is 15.6. The van der Waals surface area contributed by atoms with E-state index < -0.39 is 0 Å². The first-order valence-electron chi connectivity index (χ1n) is 7.58. The van der Waals surface area contributed by atoms with E-state index >= 15 is 0 Å². The Hall–Kier alpha value is -1.81. The molecule has 1 heterocycles. The van der Waals surface area contributed by atoms with Crippen molar-refractivity contribution in [1.29, 1.82) is 0 Å². The van der Waals surface area contributed by atoms with Gasteiger partial charge in [-0.2, -0.15) is 5.10 Å². The third kappa shape index (κ3) is 4.33. The molecule has 2 aromatic rings. The smallest absolute Gasteiger partial charge is 0.0765 e. The van der Waals surface area contributed by atoms with Crippen molar-refractivity contribution < 1.29 is 0 Å². The second-order valence-corrected chi connectivity index (χ2v) is 6.12. The second kappa shape index (κ2) is 6.76. The van der Waals surface area contributed by atoms with Gasteiger partial charge in [0.25, 0.3) is 0 Å². The summed E-state index contributed by atoms with van der Waals surface area (Å²) in [6.45, 7) is 10.5. The van der Waals surface area contributed by atoms with E-state index in [4.69, 9.17) is 5.73 Å². The maximum absolute atomic E-state index is 5.87. The third-order valence-electron chi connectivity index (χ3n) is 3.62. The van der Waals surface area contributed by atoms with Gasteiger partial charge in [-0.05, 0) is 51.5 Å². The van der Waals surface area contributed by atoms with Crippen LogP contribution < -0.4 is 5.73 Å². The van der Waals surface area contributed by atoms with Gasteiger partial charge in [-0.1, -0.05) is 12.1 Å². The summed E-state index contributed by atoms with van der Waals surface area (Å²) in [5.41, 5.74) is 9.04. The minimum atomic E-state index is 0.403. The molecule has 4 nitrogen and oxygen atoms in total. The highest BCUT2D eigenvalue weighted by atomic mass is 15.3. The predicted molar refractivity (Wildman–Crippen MR) is 87.8 cm³/mol. The maximum atomic E-state index is 5.87. The molecular formula is C17H26N4. The zero-order valence-electron chi connectivity index (χ0n) is 13.5. The summed E-state index contributed by atoms with van der Waals surface area (Å²) in [5, 5.41) is 4.64. The van der Waals surface area contributed by atoms with Crippen LogP contribution in [0.3, 0.4) is 0 Å². The van der Waals surface area contributed by atoms with Gasteiger partial charge >= 0.3 is 0 Å². The second-order valence-electron chi connectivity index (χ2n) is 6.12.